The molecule has 2 atom stereocenters. The van der Waals surface area contributed by atoms with E-state index in [0.717, 1.165) is 4.57 Å². The smallest absolute Gasteiger partial charge is 0.332 e. The number of carbonyl (C=O) groups is 2. The van der Waals surface area contributed by atoms with Crippen molar-refractivity contribution in [2.24, 2.45) is 10.9 Å². The molecule has 0 fully saturated rings. The first-order valence-corrected chi connectivity index (χ1v) is 11.1. The average molecular weight is 461 g/mol. The third kappa shape index (κ3) is 4.64. The number of allylic oxidation sites excluding steroid dienone is 1. The molecule has 1 aliphatic heterocycles. The molecule has 1 aromatic heterocycles. The zero-order valence-electron chi connectivity index (χ0n) is 17.9. The molecule has 4 N–H and O–H groups in total. The van der Waals surface area contributed by atoms with Gasteiger partial charge in [0, 0.05) is 5.70 Å². The van der Waals surface area contributed by atoms with Gasteiger partial charge in [0.15, 0.2) is 5.17 Å². The number of nitrogens with one attached hydrogen (secondary N) is 4. The van der Waals surface area contributed by atoms with E-state index in [1.54, 1.807) is 50.4 Å². The van der Waals surface area contributed by atoms with Crippen molar-refractivity contribution in [3.63, 3.8) is 0 Å². The van der Waals surface area contributed by atoms with Crippen molar-refractivity contribution in [1.82, 2.24) is 20.3 Å². The SMILES string of the molecule is CC(=N)NOC(=O)[SH]1C=C(C)N=C1NC(=O)[C@H](C(C)C)n1c(=O)[nH]c2ccccc2c1=O. The molecule has 1 aliphatic rings. The lowest BCUT2D eigenvalue weighted by Crippen LogP contribution is -2.47. The van der Waals surface area contributed by atoms with Crippen LogP contribution < -0.4 is 22.0 Å². The number of hydrogen-bond donors (Lipinski definition) is 5. The number of hydroxylamine groups is 1. The number of aromatic nitrogens is 2. The summed E-state index contributed by atoms with van der Waals surface area (Å²) in [5.41, 5.74) is 1.76. The summed E-state index contributed by atoms with van der Waals surface area (Å²) in [7, 11) is -1.77. The Balaban J connectivity index is 1.93. The van der Waals surface area contributed by atoms with Gasteiger partial charge in [0.1, 0.15) is 11.9 Å². The summed E-state index contributed by atoms with van der Waals surface area (Å²) in [6, 6.07) is 5.40. The van der Waals surface area contributed by atoms with E-state index in [4.69, 9.17) is 10.2 Å². The molecule has 32 heavy (non-hydrogen) atoms. The fraction of sp³-hybridized carbons (Fsp3) is 0.300. The molecule has 0 spiro atoms. The van der Waals surface area contributed by atoms with Crippen LogP contribution in [0, 0.1) is 11.3 Å². The van der Waals surface area contributed by atoms with Gasteiger partial charge in [0.05, 0.1) is 10.9 Å². The number of hydrogen-bond acceptors (Lipinski definition) is 7. The summed E-state index contributed by atoms with van der Waals surface area (Å²) < 4.78 is 0.888. The van der Waals surface area contributed by atoms with Crippen LogP contribution in [-0.2, 0) is 9.63 Å². The highest BCUT2D eigenvalue weighted by molar-refractivity contribution is 8.43. The summed E-state index contributed by atoms with van der Waals surface area (Å²) in [6.45, 7) is 6.48. The van der Waals surface area contributed by atoms with E-state index >= 15 is 0 Å². The van der Waals surface area contributed by atoms with Gasteiger partial charge >= 0.3 is 11.0 Å². The standard InChI is InChI=1S/C20H24N6O5S/c1-10(2)15(26-17(28)13-7-5-6-8-14(13)23-19(26)29)16(27)24-18-22-11(3)9-32(18)20(30)31-25-12(4)21/h5-10,15,32H,1-4H3,(H2,21,25)(H,23,29)(H,22,24,27)/t15-/m0/s1. The molecule has 3 rings (SSSR count). The van der Waals surface area contributed by atoms with Crippen molar-refractivity contribution >= 4 is 44.0 Å². The Labute approximate surface area is 185 Å². The molecule has 0 aliphatic carbocycles. The number of aromatic amines is 1. The minimum absolute atomic E-state index is 0.0643. The fourth-order valence-corrected chi connectivity index (χ4v) is 4.70. The number of benzene rings is 1. The molecule has 2 heterocycles. The van der Waals surface area contributed by atoms with E-state index < -0.39 is 45.3 Å². The average Bonchev–Trinajstić information content (AvgIpc) is 3.08. The van der Waals surface area contributed by atoms with Crippen LogP contribution >= 0.6 is 10.9 Å². The normalized spacial score (nSPS) is 17.5. The van der Waals surface area contributed by atoms with Crippen molar-refractivity contribution in [2.45, 2.75) is 33.7 Å². The van der Waals surface area contributed by atoms with Crippen LogP contribution in [0.5, 0.6) is 0 Å². The maximum atomic E-state index is 13.2. The number of carbonyl (C=O) groups excluding carboxylic acids is 2. The van der Waals surface area contributed by atoms with E-state index in [9.17, 15) is 19.2 Å². The molecule has 11 nitrogen and oxygen atoms in total. The summed E-state index contributed by atoms with van der Waals surface area (Å²) in [5, 5.41) is 11.1. The molecule has 0 radical (unpaired) electrons. The van der Waals surface area contributed by atoms with Crippen LogP contribution in [0.25, 0.3) is 10.9 Å². The Kier molecular flexibility index (Phi) is 6.63. The monoisotopic (exact) mass is 460 g/mol. The third-order valence-corrected chi connectivity index (χ3v) is 6.35. The van der Waals surface area contributed by atoms with Gasteiger partial charge in [-0.05, 0) is 37.3 Å². The number of amides is 1. The number of aliphatic imine (C=N–C) groups is 1. The maximum Gasteiger partial charge on any atom is 0.381 e. The van der Waals surface area contributed by atoms with Gasteiger partial charge in [-0.25, -0.2) is 24.6 Å². The molecule has 0 bridgehead atoms. The molecular weight excluding hydrogens is 436 g/mol. The van der Waals surface area contributed by atoms with Crippen molar-refractivity contribution in [2.75, 3.05) is 0 Å². The maximum absolute atomic E-state index is 13.2. The highest BCUT2D eigenvalue weighted by atomic mass is 32.2. The van der Waals surface area contributed by atoms with Gasteiger partial charge < -0.3 is 15.1 Å². The van der Waals surface area contributed by atoms with E-state index in [1.807, 2.05) is 0 Å². The van der Waals surface area contributed by atoms with Crippen molar-refractivity contribution < 1.29 is 14.4 Å². The first-order chi connectivity index (χ1) is 15.1. The minimum atomic E-state index is -1.77. The Bertz CT molecular complexity index is 1280. The number of fused-ring (bicyclic) bond motifs is 1. The highest BCUT2D eigenvalue weighted by Crippen LogP contribution is 2.37. The quantitative estimate of drug-likeness (QED) is 0.204. The second kappa shape index (κ2) is 9.22. The number of para-hydroxylation sites is 1. The van der Waals surface area contributed by atoms with Crippen molar-refractivity contribution in [3.8, 4) is 0 Å². The van der Waals surface area contributed by atoms with Crippen LogP contribution in [0.15, 0.2) is 50.0 Å². The molecule has 1 aromatic carbocycles. The Hall–Kier alpha value is -3.67. The zero-order chi connectivity index (χ0) is 23.6. The van der Waals surface area contributed by atoms with E-state index in [-0.39, 0.29) is 16.4 Å². The first kappa shape index (κ1) is 23.0. The van der Waals surface area contributed by atoms with Gasteiger partial charge in [-0.2, -0.15) is 0 Å². The number of amidine groups is 2. The fourth-order valence-electron chi connectivity index (χ4n) is 3.23. The number of nitrogens with zero attached hydrogens (tertiary/aromatic N) is 2. The van der Waals surface area contributed by atoms with Crippen LogP contribution in [0.4, 0.5) is 4.79 Å². The number of H-pyrrole nitrogens is 1. The summed E-state index contributed by atoms with van der Waals surface area (Å²) >= 11 is 0. The molecule has 1 unspecified atom stereocenters. The van der Waals surface area contributed by atoms with Crippen LogP contribution in [-0.4, -0.2) is 31.8 Å². The van der Waals surface area contributed by atoms with Crippen LogP contribution in [0.1, 0.15) is 33.7 Å². The van der Waals surface area contributed by atoms with E-state index in [2.05, 4.69) is 20.8 Å². The topological polar surface area (TPSA) is 158 Å². The lowest BCUT2D eigenvalue weighted by Gasteiger charge is -2.23. The minimum Gasteiger partial charge on any atom is -0.332 e. The van der Waals surface area contributed by atoms with Crippen LogP contribution in [0.3, 0.4) is 0 Å². The van der Waals surface area contributed by atoms with E-state index in [0.29, 0.717) is 11.2 Å². The Morgan fingerprint density at radius 2 is 1.94 bits per heavy atom. The van der Waals surface area contributed by atoms with Crippen molar-refractivity contribution in [1.29, 1.82) is 5.41 Å². The van der Waals surface area contributed by atoms with Gasteiger partial charge in [-0.15, -0.1) is 0 Å². The first-order valence-electron chi connectivity index (χ1n) is 9.73. The Morgan fingerprint density at radius 1 is 1.25 bits per heavy atom. The van der Waals surface area contributed by atoms with E-state index in [1.165, 1.54) is 6.92 Å². The summed E-state index contributed by atoms with van der Waals surface area (Å²) in [5.74, 6) is -1.14. The summed E-state index contributed by atoms with van der Waals surface area (Å²) in [6.07, 6.45) is 0. The third-order valence-electron chi connectivity index (χ3n) is 4.56. The predicted octanol–water partition coefficient (Wildman–Crippen LogP) is 1.87. The second-order valence-electron chi connectivity index (χ2n) is 7.50. The molecule has 170 valence electrons. The molecule has 2 aromatic rings. The van der Waals surface area contributed by atoms with Crippen LogP contribution in [0.2, 0.25) is 0 Å². The zero-order valence-corrected chi connectivity index (χ0v) is 18.8. The highest BCUT2D eigenvalue weighted by Gasteiger charge is 2.32. The lowest BCUT2D eigenvalue weighted by atomic mass is 10.0. The summed E-state index contributed by atoms with van der Waals surface area (Å²) in [4.78, 5) is 63.0. The second-order valence-corrected chi connectivity index (χ2v) is 9.29. The van der Waals surface area contributed by atoms with Gasteiger partial charge in [0.25, 0.3) is 5.56 Å². The van der Waals surface area contributed by atoms with Crippen molar-refractivity contribution in [3.05, 3.63) is 56.2 Å². The van der Waals surface area contributed by atoms with Gasteiger partial charge in [-0.3, -0.25) is 15.0 Å². The molecule has 0 saturated carbocycles. The largest absolute Gasteiger partial charge is 0.381 e. The number of rotatable bonds is 3. The van der Waals surface area contributed by atoms with Gasteiger partial charge in [0.2, 0.25) is 5.91 Å². The molecule has 12 heteroatoms. The number of thiol groups is 1. The predicted molar refractivity (Wildman–Crippen MR) is 124 cm³/mol. The Morgan fingerprint density at radius 3 is 2.59 bits per heavy atom. The molecular formula is C20H24N6O5S. The molecule has 1 amide bonds. The van der Waals surface area contributed by atoms with Gasteiger partial charge in [-0.1, -0.05) is 36.9 Å². The lowest BCUT2D eigenvalue weighted by molar-refractivity contribution is -0.124. The molecule has 0 saturated heterocycles.